The van der Waals surface area contributed by atoms with Gasteiger partial charge in [0.15, 0.2) is 0 Å². The molecule has 3 atom stereocenters. The van der Waals surface area contributed by atoms with Crippen molar-refractivity contribution in [2.24, 2.45) is 0 Å². The quantitative estimate of drug-likeness (QED) is 0.0237. The molecule has 0 saturated carbocycles. The van der Waals surface area contributed by atoms with Crippen LogP contribution in [-0.2, 0) is 32.7 Å². The highest BCUT2D eigenvalue weighted by atomic mass is 31.2. The number of ether oxygens (including phenoxy) is 2. The zero-order chi connectivity index (χ0) is 39.1. The van der Waals surface area contributed by atoms with E-state index in [0.717, 1.165) is 57.8 Å². The Kier molecular flexibility index (Phi) is 38.0. The molecule has 11 heteroatoms. The molecule has 3 N–H and O–H groups in total. The van der Waals surface area contributed by atoms with Crippen molar-refractivity contribution in [1.82, 2.24) is 0 Å². The van der Waals surface area contributed by atoms with Crippen LogP contribution >= 0.6 is 7.82 Å². The van der Waals surface area contributed by atoms with Gasteiger partial charge in [-0.1, -0.05) is 167 Å². The van der Waals surface area contributed by atoms with Crippen LogP contribution in [0.3, 0.4) is 0 Å². The first kappa shape index (κ1) is 51.7. The number of hydrogen-bond acceptors (Lipinski definition) is 9. The molecule has 0 amide bonds. The second-order valence-corrected chi connectivity index (χ2v) is 16.1. The second-order valence-electron chi connectivity index (χ2n) is 14.7. The summed E-state index contributed by atoms with van der Waals surface area (Å²) in [7, 11) is -4.63. The van der Waals surface area contributed by atoms with E-state index in [2.05, 4.69) is 26.0 Å². The Morgan fingerprint density at radius 1 is 0.491 bits per heavy atom. The number of carbonyl (C=O) groups excluding carboxylic acids is 2. The SMILES string of the molecule is CCCCCCCC/C=C\CCCCCCCC(=O)OC(CO)COP(=O)(O)OCC(CO)OC(=O)CCCCCCCCCCCCCCCCC. The fraction of sp³-hybridized carbons (Fsp3) is 0.905. The number of phosphoric acid groups is 1. The molecule has 53 heavy (non-hydrogen) atoms. The summed E-state index contributed by atoms with van der Waals surface area (Å²) in [6.07, 6.45) is 36.1. The number of hydrogen-bond donors (Lipinski definition) is 3. The summed E-state index contributed by atoms with van der Waals surface area (Å²) < 4.78 is 32.5. The van der Waals surface area contributed by atoms with E-state index in [4.69, 9.17) is 18.5 Å². The molecule has 3 unspecified atom stereocenters. The summed E-state index contributed by atoms with van der Waals surface area (Å²) in [5.41, 5.74) is 0. The Morgan fingerprint density at radius 3 is 1.08 bits per heavy atom. The third-order valence-electron chi connectivity index (χ3n) is 9.48. The minimum absolute atomic E-state index is 0.185. The van der Waals surface area contributed by atoms with Crippen LogP contribution in [0.4, 0.5) is 0 Å². The first-order valence-electron chi connectivity index (χ1n) is 21.6. The molecular weight excluding hydrogens is 695 g/mol. The summed E-state index contributed by atoms with van der Waals surface area (Å²) in [5.74, 6) is -1.02. The van der Waals surface area contributed by atoms with Gasteiger partial charge < -0.3 is 24.6 Å². The largest absolute Gasteiger partial charge is 0.472 e. The van der Waals surface area contributed by atoms with Crippen LogP contribution in [0, 0.1) is 0 Å². The number of aliphatic hydroxyl groups is 2. The maximum atomic E-state index is 12.3. The smallest absolute Gasteiger partial charge is 0.457 e. The minimum Gasteiger partial charge on any atom is -0.457 e. The normalized spacial score (nSPS) is 14.0. The minimum atomic E-state index is -4.63. The highest BCUT2D eigenvalue weighted by Gasteiger charge is 2.27. The molecule has 0 spiro atoms. The Bertz CT molecular complexity index is 899. The van der Waals surface area contributed by atoms with Gasteiger partial charge >= 0.3 is 19.8 Å². The van der Waals surface area contributed by atoms with Crippen LogP contribution in [0.2, 0.25) is 0 Å². The summed E-state index contributed by atoms with van der Waals surface area (Å²) in [6.45, 7) is 2.21. The van der Waals surface area contributed by atoms with E-state index < -0.39 is 58.4 Å². The average Bonchev–Trinajstić information content (AvgIpc) is 3.14. The molecule has 0 heterocycles. The third-order valence-corrected chi connectivity index (χ3v) is 10.4. The first-order valence-corrected chi connectivity index (χ1v) is 23.1. The van der Waals surface area contributed by atoms with Crippen LogP contribution in [0.1, 0.15) is 206 Å². The van der Waals surface area contributed by atoms with Crippen LogP contribution in [0.25, 0.3) is 0 Å². The fourth-order valence-electron chi connectivity index (χ4n) is 6.11. The lowest BCUT2D eigenvalue weighted by atomic mass is 10.0. The molecule has 0 radical (unpaired) electrons. The van der Waals surface area contributed by atoms with Crippen molar-refractivity contribution >= 4 is 19.8 Å². The maximum Gasteiger partial charge on any atom is 0.472 e. The van der Waals surface area contributed by atoms with Crippen molar-refractivity contribution < 1.29 is 47.8 Å². The second kappa shape index (κ2) is 39.0. The summed E-state index contributed by atoms with van der Waals surface area (Å²) >= 11 is 0. The predicted octanol–water partition coefficient (Wildman–Crippen LogP) is 11.2. The maximum absolute atomic E-state index is 12.3. The van der Waals surface area contributed by atoms with E-state index in [1.165, 1.54) is 109 Å². The average molecular weight is 777 g/mol. The Labute approximate surface area is 324 Å². The van der Waals surface area contributed by atoms with E-state index in [0.29, 0.717) is 12.8 Å². The third kappa shape index (κ3) is 37.4. The number of phosphoric ester groups is 1. The summed E-state index contributed by atoms with van der Waals surface area (Å²) in [4.78, 5) is 34.5. The van der Waals surface area contributed by atoms with Crippen LogP contribution < -0.4 is 0 Å². The van der Waals surface area contributed by atoms with Gasteiger partial charge in [0.1, 0.15) is 12.2 Å². The van der Waals surface area contributed by atoms with Gasteiger partial charge in [0.25, 0.3) is 0 Å². The first-order chi connectivity index (χ1) is 25.8. The molecule has 10 nitrogen and oxygen atoms in total. The number of allylic oxidation sites excluding steroid dienone is 2. The van der Waals surface area contributed by atoms with Gasteiger partial charge in [-0.3, -0.25) is 18.6 Å². The van der Waals surface area contributed by atoms with Crippen molar-refractivity contribution in [3.63, 3.8) is 0 Å². The monoisotopic (exact) mass is 777 g/mol. The van der Waals surface area contributed by atoms with Crippen molar-refractivity contribution in [3.05, 3.63) is 12.2 Å². The number of carbonyl (C=O) groups is 2. The highest BCUT2D eigenvalue weighted by molar-refractivity contribution is 7.47. The van der Waals surface area contributed by atoms with Gasteiger partial charge in [-0.05, 0) is 38.5 Å². The number of esters is 2. The van der Waals surface area contributed by atoms with Crippen molar-refractivity contribution in [3.8, 4) is 0 Å². The molecule has 0 bridgehead atoms. The zero-order valence-electron chi connectivity index (χ0n) is 34.0. The lowest BCUT2D eigenvalue weighted by molar-refractivity contribution is -0.153. The lowest BCUT2D eigenvalue weighted by Crippen LogP contribution is -2.28. The van der Waals surface area contributed by atoms with Crippen molar-refractivity contribution in [2.75, 3.05) is 26.4 Å². The van der Waals surface area contributed by atoms with Gasteiger partial charge in [-0.15, -0.1) is 0 Å². The molecule has 0 rings (SSSR count). The molecule has 0 aromatic rings. The standard InChI is InChI=1S/C42H81O10P/c1-3-5-7-9-11-13-15-17-19-21-23-25-27-29-31-33-41(45)51-39(35-43)37-49-53(47,48)50-38-40(36-44)52-42(46)34-32-30-28-26-24-22-20-18-16-14-12-10-8-6-4-2/h17,19,39-40,43-44H,3-16,18,20-38H2,1-2H3,(H,47,48)/b19-17-. The van der Waals surface area contributed by atoms with E-state index in [1.54, 1.807) is 0 Å². The number of rotatable bonds is 41. The molecule has 0 saturated heterocycles. The highest BCUT2D eigenvalue weighted by Crippen LogP contribution is 2.43. The molecule has 314 valence electrons. The summed E-state index contributed by atoms with van der Waals surface area (Å²) in [6, 6.07) is 0. The van der Waals surface area contributed by atoms with Crippen molar-refractivity contribution in [1.29, 1.82) is 0 Å². The molecule has 0 fully saturated rings. The van der Waals surface area contributed by atoms with Gasteiger partial charge in [0.2, 0.25) is 0 Å². The van der Waals surface area contributed by atoms with E-state index >= 15 is 0 Å². The topological polar surface area (TPSA) is 149 Å². The lowest BCUT2D eigenvalue weighted by Gasteiger charge is -2.20. The molecule has 0 aliphatic carbocycles. The molecule has 0 aliphatic heterocycles. The Hall–Kier alpha value is -1.29. The molecule has 0 aromatic carbocycles. The molecule has 0 aromatic heterocycles. The predicted molar refractivity (Wildman–Crippen MR) is 215 cm³/mol. The summed E-state index contributed by atoms with van der Waals surface area (Å²) in [5, 5.41) is 19.1. The molecule has 0 aliphatic rings. The molecular formula is C42H81O10P. The van der Waals surface area contributed by atoms with Crippen LogP contribution in [0.5, 0.6) is 0 Å². The van der Waals surface area contributed by atoms with Crippen LogP contribution in [-0.4, -0.2) is 65.7 Å². The Morgan fingerprint density at radius 2 is 0.774 bits per heavy atom. The Balaban J connectivity index is 3.91. The van der Waals surface area contributed by atoms with E-state index in [-0.39, 0.29) is 12.8 Å². The fourth-order valence-corrected chi connectivity index (χ4v) is 6.89. The van der Waals surface area contributed by atoms with E-state index in [9.17, 15) is 29.3 Å². The number of unbranched alkanes of at least 4 members (excludes halogenated alkanes) is 25. The van der Waals surface area contributed by atoms with Crippen LogP contribution in [0.15, 0.2) is 12.2 Å². The van der Waals surface area contributed by atoms with Gasteiger partial charge in [0.05, 0.1) is 26.4 Å². The van der Waals surface area contributed by atoms with Crippen molar-refractivity contribution in [2.45, 2.75) is 219 Å². The number of aliphatic hydroxyl groups excluding tert-OH is 2. The van der Waals surface area contributed by atoms with Gasteiger partial charge in [-0.25, -0.2) is 4.57 Å². The van der Waals surface area contributed by atoms with Gasteiger partial charge in [0, 0.05) is 12.8 Å². The van der Waals surface area contributed by atoms with Gasteiger partial charge in [-0.2, -0.15) is 0 Å². The zero-order valence-corrected chi connectivity index (χ0v) is 34.9. The van der Waals surface area contributed by atoms with E-state index in [1.807, 2.05) is 0 Å².